The van der Waals surface area contributed by atoms with Gasteiger partial charge < -0.3 is 15.5 Å². The SMILES string of the molecule is CC1CN=C(NCc2ccc(C(=O)N3CCCCC3)cc2)N1. The zero-order chi connectivity index (χ0) is 15.4. The summed E-state index contributed by atoms with van der Waals surface area (Å²) < 4.78 is 0. The van der Waals surface area contributed by atoms with Gasteiger partial charge in [0.1, 0.15) is 0 Å². The molecule has 1 amide bonds. The quantitative estimate of drug-likeness (QED) is 0.894. The summed E-state index contributed by atoms with van der Waals surface area (Å²) in [5, 5.41) is 6.56. The maximum absolute atomic E-state index is 12.4. The number of piperidine rings is 1. The monoisotopic (exact) mass is 300 g/mol. The first-order valence-corrected chi connectivity index (χ1v) is 8.15. The van der Waals surface area contributed by atoms with Gasteiger partial charge >= 0.3 is 0 Å². The van der Waals surface area contributed by atoms with Gasteiger partial charge in [-0.15, -0.1) is 0 Å². The average molecular weight is 300 g/mol. The largest absolute Gasteiger partial charge is 0.352 e. The van der Waals surface area contributed by atoms with Gasteiger partial charge in [-0.05, 0) is 43.9 Å². The van der Waals surface area contributed by atoms with Crippen molar-refractivity contribution in [3.8, 4) is 0 Å². The van der Waals surface area contributed by atoms with Crippen LogP contribution in [0.4, 0.5) is 0 Å². The van der Waals surface area contributed by atoms with Gasteiger partial charge in [0.25, 0.3) is 5.91 Å². The Morgan fingerprint density at radius 1 is 1.27 bits per heavy atom. The lowest BCUT2D eigenvalue weighted by atomic mass is 10.1. The highest BCUT2D eigenvalue weighted by molar-refractivity contribution is 5.94. The number of guanidine groups is 1. The molecule has 1 fully saturated rings. The zero-order valence-electron chi connectivity index (χ0n) is 13.1. The molecule has 2 aliphatic rings. The van der Waals surface area contributed by atoms with Crippen LogP contribution in [-0.4, -0.2) is 42.4 Å². The van der Waals surface area contributed by atoms with Crippen molar-refractivity contribution in [1.29, 1.82) is 0 Å². The Bertz CT molecular complexity index is 546. The van der Waals surface area contributed by atoms with E-state index in [1.54, 1.807) is 0 Å². The zero-order valence-corrected chi connectivity index (χ0v) is 13.1. The van der Waals surface area contributed by atoms with Gasteiger partial charge in [-0.1, -0.05) is 12.1 Å². The Labute approximate surface area is 131 Å². The van der Waals surface area contributed by atoms with E-state index < -0.39 is 0 Å². The summed E-state index contributed by atoms with van der Waals surface area (Å²) in [6.45, 7) is 5.44. The summed E-state index contributed by atoms with van der Waals surface area (Å²) in [7, 11) is 0. The van der Waals surface area contributed by atoms with E-state index in [2.05, 4.69) is 22.5 Å². The van der Waals surface area contributed by atoms with Crippen LogP contribution in [0.3, 0.4) is 0 Å². The van der Waals surface area contributed by atoms with Crippen LogP contribution in [0.25, 0.3) is 0 Å². The van der Waals surface area contributed by atoms with Crippen molar-refractivity contribution in [2.45, 2.75) is 38.8 Å². The maximum atomic E-state index is 12.4. The number of nitrogens with one attached hydrogen (secondary N) is 2. The molecule has 1 aromatic rings. The molecule has 0 saturated carbocycles. The fourth-order valence-corrected chi connectivity index (χ4v) is 2.89. The first-order chi connectivity index (χ1) is 10.7. The van der Waals surface area contributed by atoms with Crippen LogP contribution in [0.2, 0.25) is 0 Å². The molecule has 1 unspecified atom stereocenters. The van der Waals surface area contributed by atoms with Gasteiger partial charge in [-0.2, -0.15) is 0 Å². The van der Waals surface area contributed by atoms with Crippen molar-refractivity contribution in [2.75, 3.05) is 19.6 Å². The highest BCUT2D eigenvalue weighted by atomic mass is 16.2. The van der Waals surface area contributed by atoms with Crippen LogP contribution < -0.4 is 10.6 Å². The Hall–Kier alpha value is -2.04. The summed E-state index contributed by atoms with van der Waals surface area (Å²) >= 11 is 0. The molecule has 0 aromatic heterocycles. The third kappa shape index (κ3) is 3.59. The van der Waals surface area contributed by atoms with Crippen LogP contribution in [0.1, 0.15) is 42.1 Å². The molecule has 2 N–H and O–H groups in total. The number of rotatable bonds is 3. The van der Waals surface area contributed by atoms with E-state index in [1.165, 1.54) is 6.42 Å². The van der Waals surface area contributed by atoms with Crippen molar-refractivity contribution >= 4 is 11.9 Å². The Morgan fingerprint density at radius 2 is 2.00 bits per heavy atom. The minimum atomic E-state index is 0.162. The number of aliphatic imine (C=N–C) groups is 1. The predicted molar refractivity (Wildman–Crippen MR) is 87.9 cm³/mol. The second kappa shape index (κ2) is 6.81. The number of hydrogen-bond acceptors (Lipinski definition) is 4. The Morgan fingerprint density at radius 3 is 2.64 bits per heavy atom. The topological polar surface area (TPSA) is 56.7 Å². The standard InChI is InChI=1S/C17H24N4O/c1-13-11-18-17(20-13)19-12-14-5-7-15(8-6-14)16(22)21-9-3-2-4-10-21/h5-8,13H,2-4,9-12H2,1H3,(H2,18,19,20). The first kappa shape index (κ1) is 14.9. The molecule has 0 bridgehead atoms. The highest BCUT2D eigenvalue weighted by Gasteiger charge is 2.18. The predicted octanol–water partition coefficient (Wildman–Crippen LogP) is 1.75. The fraction of sp³-hybridized carbons (Fsp3) is 0.529. The molecule has 5 heteroatoms. The molecule has 2 aliphatic heterocycles. The van der Waals surface area contributed by atoms with E-state index >= 15 is 0 Å². The highest BCUT2D eigenvalue weighted by Crippen LogP contribution is 2.14. The summed E-state index contributed by atoms with van der Waals surface area (Å²) in [5.74, 6) is 1.02. The second-order valence-electron chi connectivity index (χ2n) is 6.14. The van der Waals surface area contributed by atoms with Gasteiger partial charge in [0.15, 0.2) is 5.96 Å². The molecule has 0 aliphatic carbocycles. The van der Waals surface area contributed by atoms with E-state index in [-0.39, 0.29) is 5.91 Å². The lowest BCUT2D eigenvalue weighted by Crippen LogP contribution is -2.37. The van der Waals surface area contributed by atoms with E-state index in [1.807, 2.05) is 29.2 Å². The summed E-state index contributed by atoms with van der Waals surface area (Å²) in [5.41, 5.74) is 1.94. The number of hydrogen-bond donors (Lipinski definition) is 2. The van der Waals surface area contributed by atoms with Crippen LogP contribution in [0.5, 0.6) is 0 Å². The normalized spacial score (nSPS) is 21.2. The van der Waals surface area contributed by atoms with Gasteiger partial charge in [-0.3, -0.25) is 9.79 Å². The minimum absolute atomic E-state index is 0.162. The molecule has 2 heterocycles. The molecule has 1 atom stereocenters. The minimum Gasteiger partial charge on any atom is -0.352 e. The molecular weight excluding hydrogens is 276 g/mol. The molecule has 5 nitrogen and oxygen atoms in total. The lowest BCUT2D eigenvalue weighted by Gasteiger charge is -2.26. The van der Waals surface area contributed by atoms with Gasteiger partial charge in [0, 0.05) is 31.2 Å². The van der Waals surface area contributed by atoms with E-state index in [4.69, 9.17) is 0 Å². The third-order valence-corrected chi connectivity index (χ3v) is 4.21. The van der Waals surface area contributed by atoms with Crippen LogP contribution in [0, 0.1) is 0 Å². The van der Waals surface area contributed by atoms with Crippen LogP contribution in [-0.2, 0) is 6.54 Å². The summed E-state index contributed by atoms with van der Waals surface area (Å²) in [6.07, 6.45) is 3.49. The summed E-state index contributed by atoms with van der Waals surface area (Å²) in [4.78, 5) is 18.7. The number of benzene rings is 1. The first-order valence-electron chi connectivity index (χ1n) is 8.15. The molecule has 1 aromatic carbocycles. The number of likely N-dealkylation sites (tertiary alicyclic amines) is 1. The molecule has 3 rings (SSSR count). The number of amides is 1. The smallest absolute Gasteiger partial charge is 0.253 e. The van der Waals surface area contributed by atoms with Crippen molar-refractivity contribution in [3.63, 3.8) is 0 Å². The van der Waals surface area contributed by atoms with E-state index in [0.717, 1.165) is 56.1 Å². The lowest BCUT2D eigenvalue weighted by molar-refractivity contribution is 0.0724. The van der Waals surface area contributed by atoms with Gasteiger partial charge in [0.2, 0.25) is 0 Å². The number of carbonyl (C=O) groups is 1. The molecule has 118 valence electrons. The van der Waals surface area contributed by atoms with E-state index in [0.29, 0.717) is 6.04 Å². The van der Waals surface area contributed by atoms with Crippen molar-refractivity contribution in [2.24, 2.45) is 4.99 Å². The van der Waals surface area contributed by atoms with E-state index in [9.17, 15) is 4.79 Å². The van der Waals surface area contributed by atoms with Gasteiger partial charge in [0.05, 0.1) is 6.54 Å². The molecular formula is C17H24N4O. The third-order valence-electron chi connectivity index (χ3n) is 4.21. The van der Waals surface area contributed by atoms with Crippen molar-refractivity contribution < 1.29 is 4.79 Å². The van der Waals surface area contributed by atoms with Crippen LogP contribution in [0.15, 0.2) is 29.3 Å². The molecule has 22 heavy (non-hydrogen) atoms. The Kier molecular flexibility index (Phi) is 4.61. The van der Waals surface area contributed by atoms with Gasteiger partial charge in [-0.25, -0.2) is 0 Å². The van der Waals surface area contributed by atoms with Crippen molar-refractivity contribution in [3.05, 3.63) is 35.4 Å². The Balaban J connectivity index is 1.54. The molecule has 0 radical (unpaired) electrons. The second-order valence-corrected chi connectivity index (χ2v) is 6.14. The number of nitrogens with zero attached hydrogens (tertiary/aromatic N) is 2. The van der Waals surface area contributed by atoms with Crippen LogP contribution >= 0.6 is 0 Å². The summed E-state index contributed by atoms with van der Waals surface area (Å²) in [6, 6.07) is 8.31. The fourth-order valence-electron chi connectivity index (χ4n) is 2.89. The van der Waals surface area contributed by atoms with Crippen molar-refractivity contribution in [1.82, 2.24) is 15.5 Å². The average Bonchev–Trinajstić information content (AvgIpc) is 2.99. The molecule has 0 spiro atoms. The maximum Gasteiger partial charge on any atom is 0.253 e. The molecule has 1 saturated heterocycles. The number of carbonyl (C=O) groups excluding carboxylic acids is 1.